The van der Waals surface area contributed by atoms with E-state index >= 15 is 0 Å². The Balaban J connectivity index is 2.34. The number of halogens is 2. The predicted molar refractivity (Wildman–Crippen MR) is 74.8 cm³/mol. The molecule has 0 spiro atoms. The maximum absolute atomic E-state index is 11.9. The molecule has 1 aromatic heterocycles. The molecule has 3 N–H and O–H groups in total. The lowest BCUT2D eigenvalue weighted by Gasteiger charge is -2.07. The van der Waals surface area contributed by atoms with Gasteiger partial charge >= 0.3 is 5.69 Å². The lowest BCUT2D eigenvalue weighted by molar-refractivity contribution is 0.102. The maximum Gasteiger partial charge on any atom is 0.325 e. The van der Waals surface area contributed by atoms with E-state index in [0.717, 1.165) is 6.20 Å². The second-order valence-electron chi connectivity index (χ2n) is 3.54. The van der Waals surface area contributed by atoms with E-state index in [-0.39, 0.29) is 5.56 Å². The Kier molecular flexibility index (Phi) is 3.87. The molecule has 0 atom stereocenters. The second kappa shape index (κ2) is 5.41. The fourth-order valence-electron chi connectivity index (χ4n) is 1.37. The molecular weight excluding hydrogens is 337 g/mol. The SMILES string of the molecule is O=C(Nc1cccc(Cl)c1Br)c1c[nH]c(=O)[nH]c1=O. The van der Waals surface area contributed by atoms with Crippen LogP contribution in [0.3, 0.4) is 0 Å². The van der Waals surface area contributed by atoms with Crippen molar-refractivity contribution in [3.05, 3.63) is 60.3 Å². The van der Waals surface area contributed by atoms with Gasteiger partial charge < -0.3 is 10.3 Å². The molecule has 0 fully saturated rings. The third-order valence-electron chi connectivity index (χ3n) is 2.26. The molecule has 2 aromatic rings. The molecule has 0 saturated heterocycles. The Hall–Kier alpha value is -1.86. The van der Waals surface area contributed by atoms with Crippen molar-refractivity contribution in [2.45, 2.75) is 0 Å². The van der Waals surface area contributed by atoms with E-state index in [9.17, 15) is 14.4 Å². The molecule has 0 radical (unpaired) electrons. The highest BCUT2D eigenvalue weighted by molar-refractivity contribution is 9.10. The van der Waals surface area contributed by atoms with E-state index in [1.807, 2.05) is 4.98 Å². The minimum atomic E-state index is -0.764. The van der Waals surface area contributed by atoms with Crippen molar-refractivity contribution in [3.8, 4) is 0 Å². The van der Waals surface area contributed by atoms with E-state index < -0.39 is 17.2 Å². The lowest BCUT2D eigenvalue weighted by atomic mass is 10.2. The van der Waals surface area contributed by atoms with Gasteiger partial charge in [-0.15, -0.1) is 0 Å². The average molecular weight is 345 g/mol. The molecule has 2 rings (SSSR count). The first-order valence-electron chi connectivity index (χ1n) is 5.06. The quantitative estimate of drug-likeness (QED) is 0.774. The maximum atomic E-state index is 11.9. The Labute approximate surface area is 119 Å². The second-order valence-corrected chi connectivity index (χ2v) is 4.74. The van der Waals surface area contributed by atoms with Gasteiger partial charge in [0.1, 0.15) is 5.56 Å². The van der Waals surface area contributed by atoms with Crippen molar-refractivity contribution in [2.24, 2.45) is 0 Å². The predicted octanol–water partition coefficient (Wildman–Crippen LogP) is 1.73. The van der Waals surface area contributed by atoms with Crippen LogP contribution < -0.4 is 16.6 Å². The minimum Gasteiger partial charge on any atom is -0.321 e. The molecule has 1 aromatic carbocycles. The van der Waals surface area contributed by atoms with Crippen molar-refractivity contribution < 1.29 is 4.79 Å². The summed E-state index contributed by atoms with van der Waals surface area (Å²) in [5.41, 5.74) is -1.22. The third kappa shape index (κ3) is 2.94. The van der Waals surface area contributed by atoms with Gasteiger partial charge in [-0.25, -0.2) is 4.79 Å². The van der Waals surface area contributed by atoms with E-state index in [0.29, 0.717) is 15.2 Å². The van der Waals surface area contributed by atoms with Crippen LogP contribution in [0, 0.1) is 0 Å². The highest BCUT2D eigenvalue weighted by Gasteiger charge is 2.13. The zero-order chi connectivity index (χ0) is 14.0. The van der Waals surface area contributed by atoms with Gasteiger partial charge in [-0.2, -0.15) is 0 Å². The van der Waals surface area contributed by atoms with Crippen molar-refractivity contribution in [1.29, 1.82) is 0 Å². The van der Waals surface area contributed by atoms with E-state index in [2.05, 4.69) is 26.2 Å². The molecule has 1 amide bonds. The van der Waals surface area contributed by atoms with Gasteiger partial charge in [0.25, 0.3) is 11.5 Å². The Morgan fingerprint density at radius 2 is 2.05 bits per heavy atom. The van der Waals surface area contributed by atoms with E-state index in [1.165, 1.54) is 0 Å². The Bertz CT molecular complexity index is 753. The summed E-state index contributed by atoms with van der Waals surface area (Å²) in [6, 6.07) is 4.92. The summed E-state index contributed by atoms with van der Waals surface area (Å²) < 4.78 is 0.505. The van der Waals surface area contributed by atoms with E-state index in [1.54, 1.807) is 18.2 Å². The number of carbonyl (C=O) groups excluding carboxylic acids is 1. The monoisotopic (exact) mass is 343 g/mol. The molecule has 0 saturated carbocycles. The van der Waals surface area contributed by atoms with Crippen LogP contribution in [0.25, 0.3) is 0 Å². The Morgan fingerprint density at radius 3 is 2.74 bits per heavy atom. The first kappa shape index (κ1) is 13.6. The topological polar surface area (TPSA) is 94.8 Å². The van der Waals surface area contributed by atoms with Gasteiger partial charge in [-0.1, -0.05) is 17.7 Å². The average Bonchev–Trinajstić information content (AvgIpc) is 2.34. The summed E-state index contributed by atoms with van der Waals surface area (Å²) in [6.45, 7) is 0. The molecule has 98 valence electrons. The number of carbonyl (C=O) groups is 1. The lowest BCUT2D eigenvalue weighted by Crippen LogP contribution is -2.29. The van der Waals surface area contributed by atoms with Crippen LogP contribution in [0.15, 0.2) is 38.5 Å². The molecule has 0 bridgehead atoms. The summed E-state index contributed by atoms with van der Waals surface area (Å²) in [5, 5.41) is 2.94. The fraction of sp³-hybridized carbons (Fsp3) is 0. The smallest absolute Gasteiger partial charge is 0.321 e. The van der Waals surface area contributed by atoms with Gasteiger partial charge in [0.15, 0.2) is 0 Å². The summed E-state index contributed by atoms with van der Waals surface area (Å²) in [7, 11) is 0. The summed E-state index contributed by atoms with van der Waals surface area (Å²) in [5.74, 6) is -0.652. The van der Waals surface area contributed by atoms with Crippen molar-refractivity contribution in [1.82, 2.24) is 9.97 Å². The number of anilines is 1. The zero-order valence-corrected chi connectivity index (χ0v) is 11.6. The first-order valence-corrected chi connectivity index (χ1v) is 6.23. The number of amides is 1. The highest BCUT2D eigenvalue weighted by Crippen LogP contribution is 2.30. The number of benzene rings is 1. The fourth-order valence-corrected chi connectivity index (χ4v) is 1.91. The number of hydrogen-bond acceptors (Lipinski definition) is 3. The molecule has 19 heavy (non-hydrogen) atoms. The van der Waals surface area contributed by atoms with Gasteiger partial charge in [-0.3, -0.25) is 14.6 Å². The standard InChI is InChI=1S/C11H7BrClN3O3/c12-8-6(13)2-1-3-7(8)15-9(17)5-4-14-11(19)16-10(5)18/h1-4H,(H,15,17)(H2,14,16,18,19). The molecule has 8 heteroatoms. The van der Waals surface area contributed by atoms with Crippen LogP contribution in [0.2, 0.25) is 5.02 Å². The zero-order valence-electron chi connectivity index (χ0n) is 9.29. The highest BCUT2D eigenvalue weighted by atomic mass is 79.9. The molecular formula is C11H7BrClN3O3. The van der Waals surface area contributed by atoms with Crippen molar-refractivity contribution in [3.63, 3.8) is 0 Å². The van der Waals surface area contributed by atoms with Crippen LogP contribution in [0.5, 0.6) is 0 Å². The number of aromatic amines is 2. The third-order valence-corrected chi connectivity index (χ3v) is 3.66. The normalized spacial score (nSPS) is 10.2. The minimum absolute atomic E-state index is 0.202. The number of H-pyrrole nitrogens is 2. The molecule has 0 unspecified atom stereocenters. The molecule has 1 heterocycles. The van der Waals surface area contributed by atoms with Gasteiger partial charge in [0.05, 0.1) is 15.2 Å². The van der Waals surface area contributed by atoms with Crippen LogP contribution >= 0.6 is 27.5 Å². The van der Waals surface area contributed by atoms with Crippen LogP contribution in [0.1, 0.15) is 10.4 Å². The molecule has 0 aliphatic rings. The first-order chi connectivity index (χ1) is 8.99. The number of rotatable bonds is 2. The Morgan fingerprint density at radius 1 is 1.32 bits per heavy atom. The van der Waals surface area contributed by atoms with E-state index in [4.69, 9.17) is 11.6 Å². The number of aromatic nitrogens is 2. The van der Waals surface area contributed by atoms with Crippen LogP contribution in [0.4, 0.5) is 5.69 Å². The van der Waals surface area contributed by atoms with Gasteiger partial charge in [0.2, 0.25) is 0 Å². The van der Waals surface area contributed by atoms with Gasteiger partial charge in [0, 0.05) is 6.20 Å². The summed E-state index contributed by atoms with van der Waals surface area (Å²) >= 11 is 9.10. The largest absolute Gasteiger partial charge is 0.325 e. The van der Waals surface area contributed by atoms with Gasteiger partial charge in [-0.05, 0) is 28.1 Å². The molecule has 0 aliphatic carbocycles. The molecule has 6 nitrogen and oxygen atoms in total. The number of hydrogen-bond donors (Lipinski definition) is 3. The number of nitrogens with one attached hydrogen (secondary N) is 3. The molecule has 0 aliphatic heterocycles. The van der Waals surface area contributed by atoms with Crippen LogP contribution in [-0.2, 0) is 0 Å². The van der Waals surface area contributed by atoms with Crippen molar-refractivity contribution in [2.75, 3.05) is 5.32 Å². The van der Waals surface area contributed by atoms with Crippen LogP contribution in [-0.4, -0.2) is 15.9 Å². The van der Waals surface area contributed by atoms with Crippen molar-refractivity contribution >= 4 is 39.1 Å². The summed E-state index contributed by atoms with van der Waals surface area (Å²) in [4.78, 5) is 38.4. The summed E-state index contributed by atoms with van der Waals surface area (Å²) in [6.07, 6.45) is 1.05.